The Morgan fingerprint density at radius 3 is 2.94 bits per heavy atom. The minimum absolute atomic E-state index is 0.875. The summed E-state index contributed by atoms with van der Waals surface area (Å²) in [5, 5.41) is 4.14. The number of hydrogen-bond acceptors (Lipinski definition) is 5. The van der Waals surface area contributed by atoms with Gasteiger partial charge in [-0.1, -0.05) is 0 Å². The van der Waals surface area contributed by atoms with Gasteiger partial charge in [0.05, 0.1) is 6.20 Å². The Hall–Kier alpha value is -1.62. The zero-order valence-electron chi connectivity index (χ0n) is 9.63. The summed E-state index contributed by atoms with van der Waals surface area (Å²) in [5.41, 5.74) is 1.23. The largest absolute Gasteiger partial charge is 0.370 e. The van der Waals surface area contributed by atoms with Crippen molar-refractivity contribution in [1.82, 2.24) is 15.0 Å². The molecular formula is C12H14N4S. The second kappa shape index (κ2) is 6.20. The lowest BCUT2D eigenvalue weighted by Crippen LogP contribution is -1.99. The fourth-order valence-electron chi connectivity index (χ4n) is 1.36. The molecule has 2 heterocycles. The van der Waals surface area contributed by atoms with E-state index in [1.807, 2.05) is 12.3 Å². The van der Waals surface area contributed by atoms with Crippen LogP contribution in [0.2, 0.25) is 0 Å². The molecule has 0 saturated heterocycles. The van der Waals surface area contributed by atoms with E-state index >= 15 is 0 Å². The number of nitrogens with zero attached hydrogens (tertiary/aromatic N) is 3. The van der Waals surface area contributed by atoms with Crippen molar-refractivity contribution in [3.63, 3.8) is 0 Å². The lowest BCUT2D eigenvalue weighted by Gasteiger charge is -2.04. The highest BCUT2D eigenvalue weighted by Gasteiger charge is 1.99. The summed E-state index contributed by atoms with van der Waals surface area (Å²) in [6.45, 7) is 2.94. The molecule has 0 aromatic carbocycles. The summed E-state index contributed by atoms with van der Waals surface area (Å²) in [6.07, 6.45) is 6.99. The van der Waals surface area contributed by atoms with Crippen LogP contribution >= 0.6 is 11.8 Å². The maximum absolute atomic E-state index is 4.24. The monoisotopic (exact) mass is 246 g/mol. The van der Waals surface area contributed by atoms with Crippen LogP contribution in [0.4, 0.5) is 5.82 Å². The molecule has 4 nitrogen and oxygen atoms in total. The van der Waals surface area contributed by atoms with Gasteiger partial charge in [-0.05, 0) is 24.6 Å². The Bertz CT molecular complexity index is 461. The first-order chi connectivity index (χ1) is 8.38. The van der Waals surface area contributed by atoms with Crippen LogP contribution in [0.25, 0.3) is 0 Å². The fraction of sp³-hybridized carbons (Fsp3) is 0.250. The second-order valence-corrected chi connectivity index (χ2v) is 4.41. The first kappa shape index (κ1) is 11.9. The molecule has 0 aliphatic heterocycles. The zero-order chi connectivity index (χ0) is 11.9. The van der Waals surface area contributed by atoms with Gasteiger partial charge in [-0.25, -0.2) is 9.97 Å². The lowest BCUT2D eigenvalue weighted by molar-refractivity contribution is 1.05. The molecule has 5 heteroatoms. The van der Waals surface area contributed by atoms with Crippen LogP contribution in [0.15, 0.2) is 41.9 Å². The predicted molar refractivity (Wildman–Crippen MR) is 70.0 cm³/mol. The van der Waals surface area contributed by atoms with Crippen molar-refractivity contribution in [2.45, 2.75) is 17.7 Å². The Morgan fingerprint density at radius 1 is 1.24 bits per heavy atom. The minimum atomic E-state index is 0.875. The van der Waals surface area contributed by atoms with Crippen LogP contribution in [-0.4, -0.2) is 21.5 Å². The highest BCUT2D eigenvalue weighted by Crippen LogP contribution is 2.20. The predicted octanol–water partition coefficient (Wildman–Crippen LogP) is 2.60. The lowest BCUT2D eigenvalue weighted by atomic mass is 10.3. The van der Waals surface area contributed by atoms with E-state index in [0.29, 0.717) is 0 Å². The maximum Gasteiger partial charge on any atom is 0.126 e. The summed E-state index contributed by atoms with van der Waals surface area (Å²) in [5.74, 6) is 1.80. The topological polar surface area (TPSA) is 50.7 Å². The van der Waals surface area contributed by atoms with Crippen molar-refractivity contribution in [1.29, 1.82) is 0 Å². The molecule has 0 fully saturated rings. The molecule has 0 radical (unpaired) electrons. The Morgan fingerprint density at radius 2 is 2.18 bits per heavy atom. The van der Waals surface area contributed by atoms with E-state index in [4.69, 9.17) is 0 Å². The number of thioether (sulfide) groups is 1. The number of rotatable bonds is 5. The van der Waals surface area contributed by atoms with Crippen molar-refractivity contribution in [3.8, 4) is 0 Å². The quantitative estimate of drug-likeness (QED) is 0.822. The molecule has 0 spiro atoms. The van der Waals surface area contributed by atoms with E-state index in [2.05, 4.69) is 33.3 Å². The van der Waals surface area contributed by atoms with Crippen molar-refractivity contribution < 1.29 is 0 Å². The standard InChI is InChI=1S/C12H14N4S/c1-2-14-11-7-10(3-4-15-11)9-17-12-8-13-5-6-16-12/h3-8H,2,9H2,1H3,(H,14,15). The second-order valence-electron chi connectivity index (χ2n) is 3.41. The molecule has 0 saturated carbocycles. The van der Waals surface area contributed by atoms with E-state index in [1.165, 1.54) is 5.56 Å². The Balaban J connectivity index is 1.97. The van der Waals surface area contributed by atoms with Gasteiger partial charge in [-0.3, -0.25) is 4.98 Å². The summed E-state index contributed by atoms with van der Waals surface area (Å²) < 4.78 is 0. The first-order valence-electron chi connectivity index (χ1n) is 5.46. The van der Waals surface area contributed by atoms with E-state index in [9.17, 15) is 0 Å². The van der Waals surface area contributed by atoms with Gasteiger partial charge in [-0.2, -0.15) is 0 Å². The van der Waals surface area contributed by atoms with Crippen LogP contribution in [0.3, 0.4) is 0 Å². The molecule has 2 aromatic heterocycles. The van der Waals surface area contributed by atoms with Gasteiger partial charge in [0.2, 0.25) is 0 Å². The summed E-state index contributed by atoms with van der Waals surface area (Å²) >= 11 is 1.67. The normalized spacial score (nSPS) is 10.2. The van der Waals surface area contributed by atoms with Gasteiger partial charge in [0.25, 0.3) is 0 Å². The van der Waals surface area contributed by atoms with Crippen LogP contribution in [-0.2, 0) is 5.75 Å². The van der Waals surface area contributed by atoms with Crippen LogP contribution in [0.5, 0.6) is 0 Å². The molecule has 2 aromatic rings. The van der Waals surface area contributed by atoms with E-state index in [0.717, 1.165) is 23.1 Å². The average Bonchev–Trinajstić information content (AvgIpc) is 2.39. The van der Waals surface area contributed by atoms with Gasteiger partial charge in [0.15, 0.2) is 0 Å². The van der Waals surface area contributed by atoms with Gasteiger partial charge in [0.1, 0.15) is 10.8 Å². The molecule has 0 amide bonds. The van der Waals surface area contributed by atoms with E-state index in [1.54, 1.807) is 30.4 Å². The Kier molecular flexibility index (Phi) is 4.32. The maximum atomic E-state index is 4.24. The molecule has 17 heavy (non-hydrogen) atoms. The van der Waals surface area contributed by atoms with Gasteiger partial charge >= 0.3 is 0 Å². The third kappa shape index (κ3) is 3.71. The van der Waals surface area contributed by atoms with Crippen molar-refractivity contribution in [3.05, 3.63) is 42.5 Å². The van der Waals surface area contributed by atoms with Gasteiger partial charge in [0, 0.05) is 30.9 Å². The number of aromatic nitrogens is 3. The van der Waals surface area contributed by atoms with Crippen molar-refractivity contribution >= 4 is 17.6 Å². The molecule has 0 bridgehead atoms. The fourth-order valence-corrected chi connectivity index (χ4v) is 2.12. The smallest absolute Gasteiger partial charge is 0.126 e. The third-order valence-electron chi connectivity index (χ3n) is 2.11. The molecule has 1 N–H and O–H groups in total. The van der Waals surface area contributed by atoms with Crippen LogP contribution < -0.4 is 5.32 Å². The van der Waals surface area contributed by atoms with Gasteiger partial charge in [-0.15, -0.1) is 11.8 Å². The molecule has 2 rings (SSSR count). The SMILES string of the molecule is CCNc1cc(CSc2cnccn2)ccn1. The minimum Gasteiger partial charge on any atom is -0.370 e. The first-order valence-corrected chi connectivity index (χ1v) is 6.44. The van der Waals surface area contributed by atoms with E-state index in [-0.39, 0.29) is 0 Å². The number of anilines is 1. The highest BCUT2D eigenvalue weighted by molar-refractivity contribution is 7.98. The Labute approximate surface area is 105 Å². The molecule has 88 valence electrons. The van der Waals surface area contributed by atoms with E-state index < -0.39 is 0 Å². The molecular weight excluding hydrogens is 232 g/mol. The zero-order valence-corrected chi connectivity index (χ0v) is 10.4. The van der Waals surface area contributed by atoms with Gasteiger partial charge < -0.3 is 5.32 Å². The molecule has 0 aliphatic rings. The molecule has 0 unspecified atom stereocenters. The molecule has 0 atom stereocenters. The van der Waals surface area contributed by atoms with Crippen LogP contribution in [0.1, 0.15) is 12.5 Å². The number of pyridine rings is 1. The third-order valence-corrected chi connectivity index (χ3v) is 3.09. The summed E-state index contributed by atoms with van der Waals surface area (Å²) in [7, 11) is 0. The van der Waals surface area contributed by atoms with Crippen molar-refractivity contribution in [2.75, 3.05) is 11.9 Å². The highest BCUT2D eigenvalue weighted by atomic mass is 32.2. The summed E-state index contributed by atoms with van der Waals surface area (Å²) in [6, 6.07) is 4.08. The van der Waals surface area contributed by atoms with Crippen molar-refractivity contribution in [2.24, 2.45) is 0 Å². The number of hydrogen-bond donors (Lipinski definition) is 1. The molecule has 0 aliphatic carbocycles. The summed E-state index contributed by atoms with van der Waals surface area (Å²) in [4.78, 5) is 12.5. The average molecular weight is 246 g/mol. The van der Waals surface area contributed by atoms with Crippen LogP contribution in [0, 0.1) is 0 Å². The number of nitrogens with one attached hydrogen (secondary N) is 1.